The molecular weight excluding hydrogens is 276 g/mol. The van der Waals surface area contributed by atoms with E-state index in [9.17, 15) is 4.79 Å². The molecule has 1 aliphatic rings. The van der Waals surface area contributed by atoms with Crippen molar-refractivity contribution in [2.75, 3.05) is 18.4 Å². The zero-order chi connectivity index (χ0) is 15.4. The Balaban J connectivity index is 1.59. The number of rotatable bonds is 4. The summed E-state index contributed by atoms with van der Waals surface area (Å²) in [6.45, 7) is 4.41. The smallest absolute Gasteiger partial charge is 0.274 e. The second kappa shape index (κ2) is 6.56. The summed E-state index contributed by atoms with van der Waals surface area (Å²) < 4.78 is 0. The predicted octanol–water partition coefficient (Wildman–Crippen LogP) is 2.63. The molecule has 1 aliphatic heterocycles. The summed E-state index contributed by atoms with van der Waals surface area (Å²) in [7, 11) is 0. The van der Waals surface area contributed by atoms with Crippen molar-refractivity contribution in [3.05, 3.63) is 53.2 Å². The molecule has 5 nitrogen and oxygen atoms in total. The van der Waals surface area contributed by atoms with Crippen LogP contribution in [0.1, 0.15) is 34.5 Å². The maximum absolute atomic E-state index is 12.2. The van der Waals surface area contributed by atoms with E-state index in [1.807, 2.05) is 11.0 Å². The molecule has 0 atom stereocenters. The van der Waals surface area contributed by atoms with Crippen molar-refractivity contribution in [3.8, 4) is 0 Å². The molecule has 5 heteroatoms. The largest absolute Gasteiger partial charge is 0.365 e. The van der Waals surface area contributed by atoms with Crippen LogP contribution in [-0.4, -0.2) is 34.1 Å². The van der Waals surface area contributed by atoms with Crippen LogP contribution in [-0.2, 0) is 6.54 Å². The third-order valence-corrected chi connectivity index (χ3v) is 3.87. The van der Waals surface area contributed by atoms with Crippen LogP contribution in [0.5, 0.6) is 0 Å². The molecule has 0 aliphatic carbocycles. The number of aromatic nitrogens is 2. The van der Waals surface area contributed by atoms with Gasteiger partial charge in [-0.3, -0.25) is 4.79 Å². The molecule has 0 unspecified atom stereocenters. The summed E-state index contributed by atoms with van der Waals surface area (Å²) in [5.41, 5.74) is 2.85. The number of hydrogen-bond donors (Lipinski definition) is 1. The molecule has 1 saturated heterocycles. The Hall–Kier alpha value is -2.43. The van der Waals surface area contributed by atoms with Gasteiger partial charge in [0, 0.05) is 19.6 Å². The van der Waals surface area contributed by atoms with Gasteiger partial charge in [0.2, 0.25) is 0 Å². The first-order valence-corrected chi connectivity index (χ1v) is 7.65. The lowest BCUT2D eigenvalue weighted by Crippen LogP contribution is -2.28. The van der Waals surface area contributed by atoms with Crippen LogP contribution in [0.2, 0.25) is 0 Å². The monoisotopic (exact) mass is 296 g/mol. The number of benzene rings is 1. The van der Waals surface area contributed by atoms with Crippen LogP contribution in [0.25, 0.3) is 0 Å². The van der Waals surface area contributed by atoms with Crippen molar-refractivity contribution in [2.24, 2.45) is 0 Å². The summed E-state index contributed by atoms with van der Waals surface area (Å²) in [5, 5.41) is 11.4. The fourth-order valence-corrected chi connectivity index (χ4v) is 2.52. The SMILES string of the molecule is Cc1ccc(CNc2ccc(C(=O)N3CCCC3)nn2)cc1. The number of likely N-dealkylation sites (tertiary alicyclic amines) is 1. The number of carbonyl (C=O) groups is 1. The van der Waals surface area contributed by atoms with Crippen molar-refractivity contribution in [2.45, 2.75) is 26.3 Å². The number of anilines is 1. The van der Waals surface area contributed by atoms with Gasteiger partial charge in [-0.2, -0.15) is 0 Å². The van der Waals surface area contributed by atoms with E-state index in [4.69, 9.17) is 0 Å². The van der Waals surface area contributed by atoms with E-state index in [1.54, 1.807) is 6.07 Å². The van der Waals surface area contributed by atoms with Crippen molar-refractivity contribution < 1.29 is 4.79 Å². The fraction of sp³-hybridized carbons (Fsp3) is 0.353. The molecule has 1 amide bonds. The average Bonchev–Trinajstić information content (AvgIpc) is 3.09. The normalized spacial score (nSPS) is 14.1. The molecule has 22 heavy (non-hydrogen) atoms. The fourth-order valence-electron chi connectivity index (χ4n) is 2.52. The molecule has 1 aromatic heterocycles. The van der Waals surface area contributed by atoms with Crippen molar-refractivity contribution in [1.82, 2.24) is 15.1 Å². The summed E-state index contributed by atoms with van der Waals surface area (Å²) in [6.07, 6.45) is 2.16. The van der Waals surface area contributed by atoms with E-state index in [0.29, 0.717) is 18.1 Å². The molecular formula is C17H20N4O. The van der Waals surface area contributed by atoms with Crippen molar-refractivity contribution >= 4 is 11.7 Å². The minimum atomic E-state index is -0.0184. The highest BCUT2D eigenvalue weighted by Crippen LogP contribution is 2.12. The van der Waals surface area contributed by atoms with E-state index >= 15 is 0 Å². The second-order valence-corrected chi connectivity index (χ2v) is 5.64. The van der Waals surface area contributed by atoms with Gasteiger partial charge in [0.1, 0.15) is 5.82 Å². The maximum Gasteiger partial charge on any atom is 0.274 e. The predicted molar refractivity (Wildman–Crippen MR) is 85.7 cm³/mol. The Morgan fingerprint density at radius 2 is 1.82 bits per heavy atom. The first-order valence-electron chi connectivity index (χ1n) is 7.65. The zero-order valence-corrected chi connectivity index (χ0v) is 12.7. The molecule has 3 rings (SSSR count). The van der Waals surface area contributed by atoms with Crippen LogP contribution < -0.4 is 5.32 Å². The molecule has 114 valence electrons. The second-order valence-electron chi connectivity index (χ2n) is 5.64. The van der Waals surface area contributed by atoms with Crippen LogP contribution >= 0.6 is 0 Å². The Morgan fingerprint density at radius 1 is 1.09 bits per heavy atom. The number of nitrogens with one attached hydrogen (secondary N) is 1. The number of nitrogens with zero attached hydrogens (tertiary/aromatic N) is 3. The number of aryl methyl sites for hydroxylation is 1. The van der Waals surface area contributed by atoms with Gasteiger partial charge in [0.25, 0.3) is 5.91 Å². The maximum atomic E-state index is 12.2. The molecule has 0 saturated carbocycles. The number of carbonyl (C=O) groups excluding carboxylic acids is 1. The van der Waals surface area contributed by atoms with Gasteiger partial charge in [0.15, 0.2) is 5.69 Å². The summed E-state index contributed by atoms with van der Waals surface area (Å²) in [4.78, 5) is 14.0. The van der Waals surface area contributed by atoms with Gasteiger partial charge in [-0.1, -0.05) is 29.8 Å². The van der Waals surface area contributed by atoms with Crippen LogP contribution in [0, 0.1) is 6.92 Å². The van der Waals surface area contributed by atoms with Gasteiger partial charge < -0.3 is 10.2 Å². The van der Waals surface area contributed by atoms with E-state index in [1.165, 1.54) is 11.1 Å². The van der Waals surface area contributed by atoms with E-state index in [0.717, 1.165) is 25.9 Å². The molecule has 1 N–H and O–H groups in total. The summed E-state index contributed by atoms with van der Waals surface area (Å²) in [6, 6.07) is 11.9. The minimum Gasteiger partial charge on any atom is -0.365 e. The topological polar surface area (TPSA) is 58.1 Å². The molecule has 0 spiro atoms. The van der Waals surface area contributed by atoms with Gasteiger partial charge in [-0.05, 0) is 37.5 Å². The quantitative estimate of drug-likeness (QED) is 0.942. The highest BCUT2D eigenvalue weighted by atomic mass is 16.2. The van der Waals surface area contributed by atoms with E-state index in [2.05, 4.69) is 46.7 Å². The Morgan fingerprint density at radius 3 is 2.45 bits per heavy atom. The lowest BCUT2D eigenvalue weighted by atomic mass is 10.1. The van der Waals surface area contributed by atoms with Gasteiger partial charge in [0.05, 0.1) is 0 Å². The molecule has 1 fully saturated rings. The highest BCUT2D eigenvalue weighted by molar-refractivity contribution is 5.92. The number of hydrogen-bond acceptors (Lipinski definition) is 4. The van der Waals surface area contributed by atoms with E-state index < -0.39 is 0 Å². The first kappa shape index (κ1) is 14.5. The molecule has 2 heterocycles. The van der Waals surface area contributed by atoms with Crippen LogP contribution in [0.15, 0.2) is 36.4 Å². The lowest BCUT2D eigenvalue weighted by Gasteiger charge is -2.14. The van der Waals surface area contributed by atoms with Crippen molar-refractivity contribution in [1.29, 1.82) is 0 Å². The van der Waals surface area contributed by atoms with Gasteiger partial charge in [-0.25, -0.2) is 0 Å². The summed E-state index contributed by atoms with van der Waals surface area (Å²) in [5.74, 6) is 0.661. The lowest BCUT2D eigenvalue weighted by molar-refractivity contribution is 0.0786. The molecule has 0 bridgehead atoms. The van der Waals surface area contributed by atoms with E-state index in [-0.39, 0.29) is 5.91 Å². The van der Waals surface area contributed by atoms with Gasteiger partial charge >= 0.3 is 0 Å². The molecule has 1 aromatic carbocycles. The van der Waals surface area contributed by atoms with Crippen LogP contribution in [0.4, 0.5) is 5.82 Å². The number of amides is 1. The molecule has 0 radical (unpaired) electrons. The first-order chi connectivity index (χ1) is 10.7. The standard InChI is InChI=1S/C17H20N4O/c1-13-4-6-14(7-5-13)12-18-16-9-8-15(19-20-16)17(22)21-10-2-3-11-21/h4-9H,2-3,10-12H2,1H3,(H,18,20). The average molecular weight is 296 g/mol. The van der Waals surface area contributed by atoms with Crippen LogP contribution in [0.3, 0.4) is 0 Å². The Labute approximate surface area is 130 Å². The highest BCUT2D eigenvalue weighted by Gasteiger charge is 2.20. The third kappa shape index (κ3) is 3.42. The minimum absolute atomic E-state index is 0.0184. The van der Waals surface area contributed by atoms with Crippen molar-refractivity contribution in [3.63, 3.8) is 0 Å². The Kier molecular flexibility index (Phi) is 4.32. The summed E-state index contributed by atoms with van der Waals surface area (Å²) >= 11 is 0. The Bertz CT molecular complexity index is 631. The zero-order valence-electron chi connectivity index (χ0n) is 12.7. The molecule has 2 aromatic rings. The van der Waals surface area contributed by atoms with Gasteiger partial charge in [-0.15, -0.1) is 10.2 Å². The third-order valence-electron chi connectivity index (χ3n) is 3.87.